The van der Waals surface area contributed by atoms with Crippen LogP contribution in [0.25, 0.3) is 0 Å². The average molecular weight is 451 g/mol. The van der Waals surface area contributed by atoms with Crippen LogP contribution in [-0.2, 0) is 28.6 Å². The van der Waals surface area contributed by atoms with Gasteiger partial charge in [0.15, 0.2) is 6.10 Å². The molecule has 0 aromatic carbocycles. The monoisotopic (exact) mass is 450 g/mol. The van der Waals surface area contributed by atoms with Crippen molar-refractivity contribution in [3.63, 3.8) is 0 Å². The van der Waals surface area contributed by atoms with Gasteiger partial charge in [-0.15, -0.1) is 0 Å². The van der Waals surface area contributed by atoms with Gasteiger partial charge in [-0.2, -0.15) is 0 Å². The maximum atomic E-state index is 11.8. The first-order chi connectivity index (χ1) is 14.9. The smallest absolute Gasteiger partial charge is 0.307 e. The lowest BCUT2D eigenvalue weighted by Gasteiger charge is -2.57. The van der Waals surface area contributed by atoms with Gasteiger partial charge < -0.3 is 19.3 Å². The first-order valence-corrected chi connectivity index (χ1v) is 11.4. The molecule has 180 valence electrons. The van der Waals surface area contributed by atoms with E-state index in [2.05, 4.69) is 26.8 Å². The van der Waals surface area contributed by atoms with Crippen LogP contribution in [0.5, 0.6) is 0 Å². The highest BCUT2D eigenvalue weighted by Crippen LogP contribution is 2.60. The van der Waals surface area contributed by atoms with E-state index in [4.69, 9.17) is 14.2 Å². The number of aliphatic hydroxyl groups excluding tert-OH is 1. The number of rotatable bonds is 8. The fourth-order valence-corrected chi connectivity index (χ4v) is 5.81. The van der Waals surface area contributed by atoms with Gasteiger partial charge in [-0.05, 0) is 60.0 Å². The predicted octanol–water partition coefficient (Wildman–Crippen LogP) is 4.09. The van der Waals surface area contributed by atoms with Gasteiger partial charge in [-0.25, -0.2) is 0 Å². The molecule has 0 radical (unpaired) electrons. The lowest BCUT2D eigenvalue weighted by atomic mass is 9.48. The highest BCUT2D eigenvalue weighted by molar-refractivity contribution is 5.69. The van der Waals surface area contributed by atoms with Gasteiger partial charge >= 0.3 is 17.9 Å². The minimum absolute atomic E-state index is 0.0147. The number of ether oxygens (including phenoxy) is 3. The molecule has 1 fully saturated rings. The zero-order chi connectivity index (χ0) is 24.1. The summed E-state index contributed by atoms with van der Waals surface area (Å²) in [5.74, 6) is -0.979. The summed E-state index contributed by atoms with van der Waals surface area (Å²) in [4.78, 5) is 34.7. The number of carbonyl (C=O) groups excluding carboxylic acids is 3. The van der Waals surface area contributed by atoms with Crippen LogP contribution in [-0.4, -0.2) is 42.3 Å². The Morgan fingerprint density at radius 3 is 2.38 bits per heavy atom. The lowest BCUT2D eigenvalue weighted by molar-refractivity contribution is -0.158. The fourth-order valence-electron chi connectivity index (χ4n) is 5.81. The number of hydrogen-bond acceptors (Lipinski definition) is 7. The quantitative estimate of drug-likeness (QED) is 0.257. The van der Waals surface area contributed by atoms with E-state index in [1.165, 1.54) is 27.2 Å². The van der Waals surface area contributed by atoms with Crippen LogP contribution < -0.4 is 0 Å². The van der Waals surface area contributed by atoms with Crippen molar-refractivity contribution in [1.29, 1.82) is 0 Å². The molecule has 0 aromatic heterocycles. The van der Waals surface area contributed by atoms with E-state index in [-0.39, 0.29) is 35.7 Å². The molecule has 0 unspecified atom stereocenters. The van der Waals surface area contributed by atoms with Crippen molar-refractivity contribution in [2.24, 2.45) is 22.7 Å². The summed E-state index contributed by atoms with van der Waals surface area (Å²) in [7, 11) is 0. The summed E-state index contributed by atoms with van der Waals surface area (Å²) in [6.07, 6.45) is 7.70. The van der Waals surface area contributed by atoms with E-state index in [9.17, 15) is 19.5 Å². The number of fused-ring (bicyclic) bond motifs is 1. The van der Waals surface area contributed by atoms with Crippen molar-refractivity contribution in [3.05, 3.63) is 23.5 Å². The third-order valence-electron chi connectivity index (χ3n) is 7.20. The van der Waals surface area contributed by atoms with Gasteiger partial charge in [-0.1, -0.05) is 33.3 Å². The SMILES string of the molecule is CC(=O)OC[C@@H](OC(C)=O)/C(=C/C[C@@H]1C(CO)=CC[C@@H]2C(C)(C)CCC[C@@]12C)OC(C)=O. The molecule has 4 atom stereocenters. The Bertz CT molecular complexity index is 779. The molecule has 1 saturated carbocycles. The average Bonchev–Trinajstić information content (AvgIpc) is 2.67. The van der Waals surface area contributed by atoms with Crippen molar-refractivity contribution >= 4 is 17.9 Å². The normalized spacial score (nSPS) is 28.1. The summed E-state index contributed by atoms with van der Waals surface area (Å²) in [6.45, 7) is 10.4. The molecule has 0 spiro atoms. The third kappa shape index (κ3) is 6.21. The van der Waals surface area contributed by atoms with Gasteiger partial charge in [0.2, 0.25) is 0 Å². The highest BCUT2D eigenvalue weighted by Gasteiger charge is 2.52. The van der Waals surface area contributed by atoms with Gasteiger partial charge in [0.05, 0.1) is 6.61 Å². The molecule has 0 aromatic rings. The molecule has 1 N–H and O–H groups in total. The van der Waals surface area contributed by atoms with Crippen molar-refractivity contribution in [3.8, 4) is 0 Å². The number of allylic oxidation sites excluding steroid dienone is 2. The van der Waals surface area contributed by atoms with E-state index in [1.54, 1.807) is 6.08 Å². The molecule has 0 heterocycles. The van der Waals surface area contributed by atoms with Crippen LogP contribution in [0.2, 0.25) is 0 Å². The summed E-state index contributed by atoms with van der Waals surface area (Å²) < 4.78 is 15.7. The number of aliphatic hydroxyl groups is 1. The molecule has 2 aliphatic carbocycles. The van der Waals surface area contributed by atoms with Crippen LogP contribution in [0.3, 0.4) is 0 Å². The van der Waals surface area contributed by atoms with Crippen LogP contribution in [0.4, 0.5) is 0 Å². The Hall–Kier alpha value is -2.15. The van der Waals surface area contributed by atoms with Crippen molar-refractivity contribution in [2.75, 3.05) is 13.2 Å². The molecule has 0 bridgehead atoms. The van der Waals surface area contributed by atoms with Crippen molar-refractivity contribution in [2.45, 2.75) is 79.8 Å². The Labute approximate surface area is 191 Å². The standard InChI is InChI=1S/C25H38O7/c1-16(27)30-15-22(32-18(3)29)21(31-17(2)28)10-9-20-19(14-26)8-11-23-24(4,5)12-7-13-25(20,23)6/h8,10,20,22-23,26H,7,9,11-15H2,1-6H3/b21-10-/t20-,22-,23-,25+/m1/s1. The van der Waals surface area contributed by atoms with Gasteiger partial charge in [-0.3, -0.25) is 14.4 Å². The summed E-state index contributed by atoms with van der Waals surface area (Å²) in [5.41, 5.74) is 1.17. The third-order valence-corrected chi connectivity index (χ3v) is 7.20. The fraction of sp³-hybridized carbons (Fsp3) is 0.720. The molecular weight excluding hydrogens is 412 g/mol. The zero-order valence-corrected chi connectivity index (χ0v) is 20.2. The molecule has 32 heavy (non-hydrogen) atoms. The highest BCUT2D eigenvalue weighted by atomic mass is 16.6. The van der Waals surface area contributed by atoms with Crippen LogP contribution >= 0.6 is 0 Å². The maximum Gasteiger partial charge on any atom is 0.307 e. The van der Waals surface area contributed by atoms with Gasteiger partial charge in [0.1, 0.15) is 12.4 Å². The van der Waals surface area contributed by atoms with E-state index in [1.807, 2.05) is 0 Å². The minimum Gasteiger partial charge on any atom is -0.461 e. The molecule has 0 amide bonds. The van der Waals surface area contributed by atoms with Gasteiger partial charge in [0.25, 0.3) is 0 Å². The Morgan fingerprint density at radius 2 is 1.81 bits per heavy atom. The maximum absolute atomic E-state index is 11.8. The summed E-state index contributed by atoms with van der Waals surface area (Å²) >= 11 is 0. The van der Waals surface area contributed by atoms with Crippen LogP contribution in [0, 0.1) is 22.7 Å². The second-order valence-corrected chi connectivity index (χ2v) is 9.96. The first-order valence-electron chi connectivity index (χ1n) is 11.4. The van der Waals surface area contributed by atoms with E-state index in [0.29, 0.717) is 12.3 Å². The van der Waals surface area contributed by atoms with Crippen LogP contribution in [0.1, 0.15) is 73.6 Å². The summed E-state index contributed by atoms with van der Waals surface area (Å²) in [5, 5.41) is 10.1. The molecule has 7 nitrogen and oxygen atoms in total. The molecule has 2 rings (SSSR count). The molecule has 7 heteroatoms. The molecule has 2 aliphatic rings. The zero-order valence-electron chi connectivity index (χ0n) is 20.2. The second kappa shape index (κ2) is 10.6. The van der Waals surface area contributed by atoms with E-state index in [0.717, 1.165) is 24.8 Å². The number of carbonyl (C=O) groups is 3. The molecule has 0 saturated heterocycles. The first kappa shape index (κ1) is 26.1. The summed E-state index contributed by atoms with van der Waals surface area (Å²) in [6, 6.07) is 0. The predicted molar refractivity (Wildman–Crippen MR) is 119 cm³/mol. The number of esters is 3. The topological polar surface area (TPSA) is 99.1 Å². The van der Waals surface area contributed by atoms with Crippen molar-refractivity contribution < 1.29 is 33.7 Å². The van der Waals surface area contributed by atoms with Crippen LogP contribution in [0.15, 0.2) is 23.5 Å². The second-order valence-electron chi connectivity index (χ2n) is 9.96. The van der Waals surface area contributed by atoms with E-state index >= 15 is 0 Å². The lowest BCUT2D eigenvalue weighted by Crippen LogP contribution is -2.49. The Morgan fingerprint density at radius 1 is 1.12 bits per heavy atom. The molecule has 0 aliphatic heterocycles. The van der Waals surface area contributed by atoms with Crippen molar-refractivity contribution in [1.82, 2.24) is 0 Å². The minimum atomic E-state index is -1.02. The Kier molecular flexibility index (Phi) is 8.68. The largest absolute Gasteiger partial charge is 0.461 e. The number of hydrogen-bond donors (Lipinski definition) is 1. The molecular formula is C25H38O7. The van der Waals surface area contributed by atoms with E-state index < -0.39 is 24.0 Å². The van der Waals surface area contributed by atoms with Gasteiger partial charge in [0, 0.05) is 20.8 Å². The Balaban J connectivity index is 2.39.